The van der Waals surface area contributed by atoms with Gasteiger partial charge < -0.3 is 9.88 Å². The quantitative estimate of drug-likeness (QED) is 0.894. The van der Waals surface area contributed by atoms with Gasteiger partial charge in [-0.25, -0.2) is 0 Å². The minimum atomic E-state index is 0.0655. The van der Waals surface area contributed by atoms with Crippen molar-refractivity contribution in [1.82, 2.24) is 9.88 Å². The lowest BCUT2D eigenvalue weighted by Gasteiger charge is -2.30. The summed E-state index contributed by atoms with van der Waals surface area (Å²) >= 11 is 0. The van der Waals surface area contributed by atoms with Gasteiger partial charge in [-0.15, -0.1) is 0 Å². The van der Waals surface area contributed by atoms with Crippen LogP contribution in [0.15, 0.2) is 47.9 Å². The molecule has 0 radical (unpaired) electrons. The van der Waals surface area contributed by atoms with E-state index < -0.39 is 0 Å². The number of nitrogens with one attached hydrogen (secondary N) is 1. The van der Waals surface area contributed by atoms with Crippen LogP contribution < -0.4 is 5.56 Å². The van der Waals surface area contributed by atoms with Crippen LogP contribution in [0.25, 0.3) is 10.9 Å². The number of hydrogen-bond donors (Lipinski definition) is 1. The molecule has 2 heterocycles. The SMILES string of the molecule is C=CN1CCC(c2cc3ccccc3[nH]c2=O)CC1. The van der Waals surface area contributed by atoms with Crippen LogP contribution in [0.4, 0.5) is 0 Å². The average Bonchev–Trinajstić information content (AvgIpc) is 2.47. The highest BCUT2D eigenvalue weighted by Gasteiger charge is 2.21. The number of fused-ring (bicyclic) bond motifs is 1. The highest BCUT2D eigenvalue weighted by Crippen LogP contribution is 2.27. The summed E-state index contributed by atoms with van der Waals surface area (Å²) in [6.07, 6.45) is 3.93. The maximum atomic E-state index is 12.2. The van der Waals surface area contributed by atoms with Crippen molar-refractivity contribution in [3.8, 4) is 0 Å². The van der Waals surface area contributed by atoms with E-state index in [1.54, 1.807) is 0 Å². The Kier molecular flexibility index (Phi) is 3.11. The first-order valence-corrected chi connectivity index (χ1v) is 6.76. The van der Waals surface area contributed by atoms with Gasteiger partial charge >= 0.3 is 0 Å². The minimum Gasteiger partial charge on any atom is -0.378 e. The van der Waals surface area contributed by atoms with Crippen molar-refractivity contribution >= 4 is 10.9 Å². The van der Waals surface area contributed by atoms with Crippen molar-refractivity contribution in [3.05, 3.63) is 59.0 Å². The molecule has 0 aliphatic carbocycles. The van der Waals surface area contributed by atoms with E-state index >= 15 is 0 Å². The van der Waals surface area contributed by atoms with Crippen LogP contribution in [0, 0.1) is 0 Å². The largest absolute Gasteiger partial charge is 0.378 e. The summed E-state index contributed by atoms with van der Waals surface area (Å²) in [5.41, 5.74) is 1.91. The summed E-state index contributed by atoms with van der Waals surface area (Å²) in [6.45, 7) is 5.77. The Morgan fingerprint density at radius 2 is 2.00 bits per heavy atom. The van der Waals surface area contributed by atoms with E-state index in [0.717, 1.165) is 42.4 Å². The monoisotopic (exact) mass is 254 g/mol. The Morgan fingerprint density at radius 3 is 2.74 bits per heavy atom. The van der Waals surface area contributed by atoms with Crippen molar-refractivity contribution in [1.29, 1.82) is 0 Å². The van der Waals surface area contributed by atoms with Gasteiger partial charge in [-0.05, 0) is 42.5 Å². The third-order valence-electron chi connectivity index (χ3n) is 4.01. The lowest BCUT2D eigenvalue weighted by atomic mass is 9.90. The molecule has 1 aliphatic rings. The Bertz CT molecular complexity index is 651. The first kappa shape index (κ1) is 12.0. The number of aromatic nitrogens is 1. The molecule has 1 fully saturated rings. The van der Waals surface area contributed by atoms with Gasteiger partial charge in [-0.3, -0.25) is 4.79 Å². The molecular weight excluding hydrogens is 236 g/mol. The first-order valence-electron chi connectivity index (χ1n) is 6.76. The lowest BCUT2D eigenvalue weighted by Crippen LogP contribution is -2.30. The summed E-state index contributed by atoms with van der Waals surface area (Å²) in [4.78, 5) is 17.4. The number of rotatable bonds is 2. The third-order valence-corrected chi connectivity index (χ3v) is 4.01. The van der Waals surface area contributed by atoms with Gasteiger partial charge in [0.25, 0.3) is 5.56 Å². The van der Waals surface area contributed by atoms with Gasteiger partial charge in [0.1, 0.15) is 0 Å². The summed E-state index contributed by atoms with van der Waals surface area (Å²) in [5.74, 6) is 0.365. The zero-order valence-electron chi connectivity index (χ0n) is 10.9. The number of nitrogens with zero attached hydrogens (tertiary/aromatic N) is 1. The maximum absolute atomic E-state index is 12.2. The third kappa shape index (κ3) is 2.28. The van der Waals surface area contributed by atoms with Gasteiger partial charge in [0, 0.05) is 24.2 Å². The lowest BCUT2D eigenvalue weighted by molar-refractivity contribution is 0.284. The van der Waals surface area contributed by atoms with Crippen LogP contribution in [0.3, 0.4) is 0 Å². The molecule has 3 heteroatoms. The molecule has 0 saturated carbocycles. The van der Waals surface area contributed by atoms with E-state index in [4.69, 9.17) is 0 Å². The molecule has 1 saturated heterocycles. The fraction of sp³-hybridized carbons (Fsp3) is 0.312. The van der Waals surface area contributed by atoms with E-state index in [-0.39, 0.29) is 5.56 Å². The number of hydrogen-bond acceptors (Lipinski definition) is 2. The Balaban J connectivity index is 1.94. The summed E-state index contributed by atoms with van der Waals surface area (Å²) in [5, 5.41) is 1.11. The summed E-state index contributed by atoms with van der Waals surface area (Å²) in [6, 6.07) is 10.0. The normalized spacial score (nSPS) is 16.7. The molecule has 3 nitrogen and oxygen atoms in total. The first-order chi connectivity index (χ1) is 9.28. The van der Waals surface area contributed by atoms with E-state index in [1.165, 1.54) is 0 Å². The van der Waals surface area contributed by atoms with Crippen LogP contribution >= 0.6 is 0 Å². The van der Waals surface area contributed by atoms with Gasteiger partial charge in [0.05, 0.1) is 0 Å². The molecule has 0 spiro atoms. The summed E-state index contributed by atoms with van der Waals surface area (Å²) in [7, 11) is 0. The predicted molar refractivity (Wildman–Crippen MR) is 78.3 cm³/mol. The highest BCUT2D eigenvalue weighted by molar-refractivity contribution is 5.78. The zero-order valence-corrected chi connectivity index (χ0v) is 10.9. The van der Waals surface area contributed by atoms with Gasteiger partial charge in [-0.2, -0.15) is 0 Å². The minimum absolute atomic E-state index is 0.0655. The topological polar surface area (TPSA) is 36.1 Å². The van der Waals surface area contributed by atoms with Crippen LogP contribution in [0.2, 0.25) is 0 Å². The standard InChI is InChI=1S/C16H18N2O/c1-2-18-9-7-12(8-10-18)14-11-13-5-3-4-6-15(13)17-16(14)19/h2-6,11-12H,1,7-10H2,(H,17,19). The number of aromatic amines is 1. The number of benzene rings is 1. The van der Waals surface area contributed by atoms with Crippen molar-refractivity contribution in [2.24, 2.45) is 0 Å². The van der Waals surface area contributed by atoms with Crippen molar-refractivity contribution in [3.63, 3.8) is 0 Å². The average molecular weight is 254 g/mol. The molecule has 1 N–H and O–H groups in total. The van der Waals surface area contributed by atoms with E-state index in [1.807, 2.05) is 30.5 Å². The molecule has 0 unspecified atom stereocenters. The zero-order chi connectivity index (χ0) is 13.2. The second-order valence-corrected chi connectivity index (χ2v) is 5.13. The number of likely N-dealkylation sites (tertiary alicyclic amines) is 1. The molecule has 1 aromatic heterocycles. The number of piperidine rings is 1. The number of H-pyrrole nitrogens is 1. The fourth-order valence-corrected chi connectivity index (χ4v) is 2.86. The number of para-hydroxylation sites is 1. The number of pyridine rings is 1. The Labute approximate surface area is 112 Å². The molecule has 1 aromatic carbocycles. The van der Waals surface area contributed by atoms with Gasteiger partial charge in [0.15, 0.2) is 0 Å². The van der Waals surface area contributed by atoms with E-state index in [2.05, 4.69) is 22.5 Å². The second-order valence-electron chi connectivity index (χ2n) is 5.13. The fourth-order valence-electron chi connectivity index (χ4n) is 2.86. The van der Waals surface area contributed by atoms with Crippen LogP contribution in [0.1, 0.15) is 24.3 Å². The van der Waals surface area contributed by atoms with Crippen LogP contribution in [-0.2, 0) is 0 Å². The molecule has 98 valence electrons. The molecule has 0 amide bonds. The second kappa shape index (κ2) is 4.92. The van der Waals surface area contributed by atoms with Crippen LogP contribution in [0.5, 0.6) is 0 Å². The van der Waals surface area contributed by atoms with E-state index in [0.29, 0.717) is 5.92 Å². The molecule has 2 aromatic rings. The van der Waals surface area contributed by atoms with E-state index in [9.17, 15) is 4.79 Å². The Hall–Kier alpha value is -2.03. The maximum Gasteiger partial charge on any atom is 0.251 e. The van der Waals surface area contributed by atoms with Crippen molar-refractivity contribution in [2.75, 3.05) is 13.1 Å². The van der Waals surface area contributed by atoms with Crippen molar-refractivity contribution in [2.45, 2.75) is 18.8 Å². The van der Waals surface area contributed by atoms with Gasteiger partial charge in [0.2, 0.25) is 0 Å². The molecule has 3 rings (SSSR count). The Morgan fingerprint density at radius 1 is 1.26 bits per heavy atom. The molecule has 0 bridgehead atoms. The summed E-state index contributed by atoms with van der Waals surface area (Å²) < 4.78 is 0. The van der Waals surface area contributed by atoms with Crippen molar-refractivity contribution < 1.29 is 0 Å². The molecule has 1 aliphatic heterocycles. The molecule has 0 atom stereocenters. The molecule has 19 heavy (non-hydrogen) atoms. The highest BCUT2D eigenvalue weighted by atomic mass is 16.1. The smallest absolute Gasteiger partial charge is 0.251 e. The predicted octanol–water partition coefficient (Wildman–Crippen LogP) is 2.85. The van der Waals surface area contributed by atoms with Gasteiger partial charge in [-0.1, -0.05) is 24.8 Å². The van der Waals surface area contributed by atoms with Crippen LogP contribution in [-0.4, -0.2) is 23.0 Å². The molecular formula is C16H18N2O.